The lowest BCUT2D eigenvalue weighted by atomic mass is 10.1. The Kier molecular flexibility index (Phi) is 5.82. The number of carbonyl (C=O) groups excluding carboxylic acids is 1. The Morgan fingerprint density at radius 1 is 1.31 bits per heavy atom. The van der Waals surface area contributed by atoms with E-state index in [1.54, 1.807) is 11.3 Å². The molecule has 8 heteroatoms. The molecule has 0 saturated heterocycles. The molecule has 0 fully saturated rings. The summed E-state index contributed by atoms with van der Waals surface area (Å²) >= 11 is 2.92. The van der Waals surface area contributed by atoms with Gasteiger partial charge in [-0.25, -0.2) is 9.97 Å². The predicted octanol–water partition coefficient (Wildman–Crippen LogP) is 3.84. The number of amides is 1. The van der Waals surface area contributed by atoms with E-state index >= 15 is 0 Å². The number of thioether (sulfide) groups is 1. The highest BCUT2D eigenvalue weighted by molar-refractivity contribution is 7.99. The van der Waals surface area contributed by atoms with E-state index in [2.05, 4.69) is 26.4 Å². The maximum absolute atomic E-state index is 12.8. The number of aromatic amines is 1. The number of carbonyl (C=O) groups is 1. The molecule has 2 aromatic heterocycles. The number of nitrogens with one attached hydrogen (secondary N) is 1. The molecule has 29 heavy (non-hydrogen) atoms. The summed E-state index contributed by atoms with van der Waals surface area (Å²) in [5.41, 5.74) is 4.80. The summed E-state index contributed by atoms with van der Waals surface area (Å²) in [6, 6.07) is 7.70. The van der Waals surface area contributed by atoms with Crippen molar-refractivity contribution in [3.8, 4) is 11.3 Å². The zero-order chi connectivity index (χ0) is 20.4. The van der Waals surface area contributed by atoms with Crippen LogP contribution in [0, 0.1) is 6.92 Å². The average molecular weight is 427 g/mol. The fraction of sp³-hybridized carbons (Fsp3) is 0.333. The van der Waals surface area contributed by atoms with Crippen molar-refractivity contribution in [1.29, 1.82) is 0 Å². The van der Waals surface area contributed by atoms with Crippen molar-refractivity contribution in [1.82, 2.24) is 15.0 Å². The van der Waals surface area contributed by atoms with E-state index in [1.165, 1.54) is 23.4 Å². The molecule has 0 unspecified atom stereocenters. The molecule has 150 valence electrons. The lowest BCUT2D eigenvalue weighted by molar-refractivity contribution is -0.116. The Bertz CT molecular complexity index is 1110. The van der Waals surface area contributed by atoms with Gasteiger partial charge in [0.1, 0.15) is 0 Å². The van der Waals surface area contributed by atoms with E-state index in [-0.39, 0.29) is 17.2 Å². The van der Waals surface area contributed by atoms with Crippen molar-refractivity contribution in [2.24, 2.45) is 0 Å². The minimum Gasteiger partial charge on any atom is -0.311 e. The SMILES string of the molecule is CCCc1cc(=O)[nH]c(SCC(=O)N2CCc3cc(-c4csc(C)n4)ccc32)n1. The maximum Gasteiger partial charge on any atom is 0.251 e. The van der Waals surface area contributed by atoms with Crippen molar-refractivity contribution in [2.45, 2.75) is 38.3 Å². The van der Waals surface area contributed by atoms with Crippen LogP contribution in [0.5, 0.6) is 0 Å². The molecular formula is C21H22N4O2S2. The Labute approximate surface area is 177 Å². The number of aromatic nitrogens is 3. The first-order valence-corrected chi connectivity index (χ1v) is 11.5. The van der Waals surface area contributed by atoms with E-state index in [4.69, 9.17) is 0 Å². The van der Waals surface area contributed by atoms with Crippen LogP contribution in [0.1, 0.15) is 29.6 Å². The van der Waals surface area contributed by atoms with E-state index in [0.29, 0.717) is 11.7 Å². The molecule has 6 nitrogen and oxygen atoms in total. The number of hydrogen-bond acceptors (Lipinski definition) is 6. The molecule has 0 radical (unpaired) electrons. The minimum absolute atomic E-state index is 0.0227. The third kappa shape index (κ3) is 4.43. The van der Waals surface area contributed by atoms with Gasteiger partial charge in [-0.3, -0.25) is 9.59 Å². The normalized spacial score (nSPS) is 13.0. The topological polar surface area (TPSA) is 79.0 Å². The standard InChI is InChI=1S/C21H22N4O2S2/c1-3-4-16-10-19(26)24-21(23-16)29-12-20(27)25-8-7-15-9-14(5-6-18(15)25)17-11-28-13(2)22-17/h5-6,9-11H,3-4,7-8,12H2,1-2H3,(H,23,24,26). The molecule has 4 rings (SSSR count). The summed E-state index contributed by atoms with van der Waals surface area (Å²) in [4.78, 5) is 38.1. The second-order valence-corrected chi connectivity index (χ2v) is 9.00. The molecule has 1 amide bonds. The lowest BCUT2D eigenvalue weighted by Gasteiger charge is -2.17. The van der Waals surface area contributed by atoms with Crippen LogP contribution in [0.2, 0.25) is 0 Å². The molecule has 0 atom stereocenters. The summed E-state index contributed by atoms with van der Waals surface area (Å²) in [7, 11) is 0. The number of thiazole rings is 1. The number of rotatable bonds is 6. The first-order chi connectivity index (χ1) is 14.0. The van der Waals surface area contributed by atoms with Crippen LogP contribution < -0.4 is 10.5 Å². The van der Waals surface area contributed by atoms with Crippen molar-refractivity contribution < 1.29 is 4.79 Å². The Hall–Kier alpha value is -2.45. The molecule has 0 saturated carbocycles. The van der Waals surface area contributed by atoms with Gasteiger partial charge in [0.15, 0.2) is 5.16 Å². The smallest absolute Gasteiger partial charge is 0.251 e. The van der Waals surface area contributed by atoms with Gasteiger partial charge in [-0.1, -0.05) is 31.2 Å². The van der Waals surface area contributed by atoms with Crippen LogP contribution in [-0.4, -0.2) is 33.2 Å². The van der Waals surface area contributed by atoms with E-state index in [1.807, 2.05) is 30.9 Å². The van der Waals surface area contributed by atoms with Crippen LogP contribution >= 0.6 is 23.1 Å². The second kappa shape index (κ2) is 8.51. The fourth-order valence-corrected chi connectivity index (χ4v) is 4.85. The van der Waals surface area contributed by atoms with Crippen LogP contribution in [0.4, 0.5) is 5.69 Å². The van der Waals surface area contributed by atoms with E-state index in [0.717, 1.165) is 46.9 Å². The highest BCUT2D eigenvalue weighted by atomic mass is 32.2. The largest absolute Gasteiger partial charge is 0.311 e. The lowest BCUT2D eigenvalue weighted by Crippen LogP contribution is -2.30. The number of H-pyrrole nitrogens is 1. The number of aryl methyl sites for hydroxylation is 2. The van der Waals surface area contributed by atoms with Gasteiger partial charge in [0.2, 0.25) is 5.91 Å². The molecular weight excluding hydrogens is 404 g/mol. The molecule has 3 aromatic rings. The van der Waals surface area contributed by atoms with Gasteiger partial charge in [-0.2, -0.15) is 0 Å². The first-order valence-electron chi connectivity index (χ1n) is 9.62. The molecule has 1 aromatic carbocycles. The van der Waals surface area contributed by atoms with Crippen molar-refractivity contribution >= 4 is 34.7 Å². The Morgan fingerprint density at radius 3 is 2.93 bits per heavy atom. The molecule has 0 bridgehead atoms. The number of nitrogens with zero attached hydrogens (tertiary/aromatic N) is 3. The van der Waals surface area contributed by atoms with Crippen LogP contribution in [-0.2, 0) is 17.6 Å². The number of fused-ring (bicyclic) bond motifs is 1. The highest BCUT2D eigenvalue weighted by Crippen LogP contribution is 2.33. The van der Waals surface area contributed by atoms with Gasteiger partial charge < -0.3 is 9.88 Å². The number of anilines is 1. The zero-order valence-corrected chi connectivity index (χ0v) is 18.0. The van der Waals surface area contributed by atoms with E-state index in [9.17, 15) is 9.59 Å². The highest BCUT2D eigenvalue weighted by Gasteiger charge is 2.25. The monoisotopic (exact) mass is 426 g/mol. The van der Waals surface area contributed by atoms with Gasteiger partial charge >= 0.3 is 0 Å². The molecule has 3 heterocycles. The molecule has 1 aliphatic rings. The predicted molar refractivity (Wildman–Crippen MR) is 118 cm³/mol. The van der Waals surface area contributed by atoms with Crippen LogP contribution in [0.15, 0.2) is 39.6 Å². The van der Waals surface area contributed by atoms with Crippen molar-refractivity contribution in [3.05, 3.63) is 56.3 Å². The summed E-state index contributed by atoms with van der Waals surface area (Å²) in [5, 5.41) is 3.61. The molecule has 0 spiro atoms. The van der Waals surface area contributed by atoms with E-state index < -0.39 is 0 Å². The van der Waals surface area contributed by atoms with Crippen molar-refractivity contribution in [2.75, 3.05) is 17.2 Å². The first kappa shape index (κ1) is 19.8. The van der Waals surface area contributed by atoms with Gasteiger partial charge in [0, 0.05) is 34.9 Å². The van der Waals surface area contributed by atoms with Gasteiger partial charge in [0.05, 0.1) is 16.5 Å². The average Bonchev–Trinajstić information content (AvgIpc) is 3.31. The number of hydrogen-bond donors (Lipinski definition) is 1. The third-order valence-corrected chi connectivity index (χ3v) is 6.43. The molecule has 1 N–H and O–H groups in total. The fourth-order valence-electron chi connectivity index (χ4n) is 3.46. The summed E-state index contributed by atoms with van der Waals surface area (Å²) < 4.78 is 0. The summed E-state index contributed by atoms with van der Waals surface area (Å²) in [6.07, 6.45) is 2.52. The number of benzene rings is 1. The van der Waals surface area contributed by atoms with Crippen LogP contribution in [0.25, 0.3) is 11.3 Å². The Morgan fingerprint density at radius 2 is 2.17 bits per heavy atom. The quantitative estimate of drug-likeness (QED) is 0.479. The van der Waals surface area contributed by atoms with Crippen molar-refractivity contribution in [3.63, 3.8) is 0 Å². The molecule has 0 aliphatic carbocycles. The third-order valence-electron chi connectivity index (χ3n) is 4.80. The second-order valence-electron chi connectivity index (χ2n) is 6.97. The van der Waals surface area contributed by atoms with Crippen LogP contribution in [0.3, 0.4) is 0 Å². The van der Waals surface area contributed by atoms with Gasteiger partial charge in [0.25, 0.3) is 5.56 Å². The summed E-state index contributed by atoms with van der Waals surface area (Å²) in [6.45, 7) is 4.72. The maximum atomic E-state index is 12.8. The summed E-state index contributed by atoms with van der Waals surface area (Å²) in [5.74, 6) is 0.264. The minimum atomic E-state index is -0.172. The zero-order valence-electron chi connectivity index (χ0n) is 16.4. The Balaban J connectivity index is 1.46. The van der Waals surface area contributed by atoms with Gasteiger partial charge in [-0.05, 0) is 37.5 Å². The van der Waals surface area contributed by atoms with Gasteiger partial charge in [-0.15, -0.1) is 11.3 Å². The molecule has 1 aliphatic heterocycles.